The Bertz CT molecular complexity index is 445. The van der Waals surface area contributed by atoms with E-state index in [1.807, 2.05) is 12.1 Å². The van der Waals surface area contributed by atoms with Gasteiger partial charge in [-0.1, -0.05) is 29.8 Å². The molecule has 3 heteroatoms. The van der Waals surface area contributed by atoms with Crippen LogP contribution in [-0.2, 0) is 10.4 Å². The van der Waals surface area contributed by atoms with E-state index >= 15 is 0 Å². The van der Waals surface area contributed by atoms with Crippen LogP contribution in [0.5, 0.6) is 0 Å². The van der Waals surface area contributed by atoms with Crippen molar-refractivity contribution in [3.8, 4) is 0 Å². The van der Waals surface area contributed by atoms with Crippen LogP contribution in [0.4, 0.5) is 0 Å². The average molecular weight is 275 g/mol. The number of hydrogen-bond acceptors (Lipinski definition) is 3. The number of aryl methyl sites for hydroxylation is 1. The molecule has 3 nitrogen and oxygen atoms in total. The molecule has 0 amide bonds. The summed E-state index contributed by atoms with van der Waals surface area (Å²) in [6.07, 6.45) is 3.14. The minimum absolute atomic E-state index is 0.262. The first-order valence-electron chi connectivity index (χ1n) is 7.51. The Hall–Kier alpha value is -1.19. The summed E-state index contributed by atoms with van der Waals surface area (Å²) in [5, 5.41) is 10.8. The summed E-state index contributed by atoms with van der Waals surface area (Å²) in [4.78, 5) is 13.3. The molecule has 110 valence electrons. The summed E-state index contributed by atoms with van der Waals surface area (Å²) in [5.41, 5.74) is 1.58. The maximum atomic E-state index is 10.9. The Balaban J connectivity index is 1.86. The van der Waals surface area contributed by atoms with E-state index < -0.39 is 5.60 Å². The molecule has 1 N–H and O–H groups in total. The largest absolute Gasteiger partial charge is 0.385 e. The van der Waals surface area contributed by atoms with Gasteiger partial charge in [0.25, 0.3) is 0 Å². The normalized spacial score (nSPS) is 18.9. The van der Waals surface area contributed by atoms with Crippen molar-refractivity contribution in [3.63, 3.8) is 0 Å². The summed E-state index contributed by atoms with van der Waals surface area (Å²) in [7, 11) is 0. The number of carbonyl (C=O) groups excluding carboxylic acids is 1. The van der Waals surface area contributed by atoms with E-state index in [0.29, 0.717) is 6.42 Å². The SMILES string of the molecule is CC(=O)CCCN1CCC(O)(c2ccc(C)cc2)CC1. The average Bonchev–Trinajstić information content (AvgIpc) is 2.41. The Labute approximate surface area is 121 Å². The topological polar surface area (TPSA) is 40.5 Å². The number of hydrogen-bond donors (Lipinski definition) is 1. The monoisotopic (exact) mass is 275 g/mol. The molecule has 1 aromatic carbocycles. The fourth-order valence-corrected chi connectivity index (χ4v) is 2.85. The van der Waals surface area contributed by atoms with Gasteiger partial charge in [0.05, 0.1) is 5.60 Å². The molecule has 1 saturated heterocycles. The second-order valence-electron chi connectivity index (χ2n) is 6.04. The first-order valence-corrected chi connectivity index (χ1v) is 7.51. The number of benzene rings is 1. The molecular formula is C17H25NO2. The molecule has 0 saturated carbocycles. The zero-order chi connectivity index (χ0) is 14.6. The van der Waals surface area contributed by atoms with Crippen LogP contribution in [0.15, 0.2) is 24.3 Å². The molecule has 0 bridgehead atoms. The number of rotatable bonds is 5. The predicted octanol–water partition coefficient (Wildman–Crippen LogP) is 2.65. The number of likely N-dealkylation sites (tertiary alicyclic amines) is 1. The summed E-state index contributed by atoms with van der Waals surface area (Å²) >= 11 is 0. The lowest BCUT2D eigenvalue weighted by Gasteiger charge is -2.38. The van der Waals surface area contributed by atoms with Crippen LogP contribution in [0.25, 0.3) is 0 Å². The van der Waals surface area contributed by atoms with Crippen molar-refractivity contribution in [2.45, 2.75) is 45.1 Å². The van der Waals surface area contributed by atoms with Crippen LogP contribution in [0.2, 0.25) is 0 Å². The zero-order valence-electron chi connectivity index (χ0n) is 12.6. The lowest BCUT2D eigenvalue weighted by atomic mass is 9.84. The Kier molecular flexibility index (Phi) is 4.95. The number of piperidine rings is 1. The van der Waals surface area contributed by atoms with Crippen LogP contribution in [0.1, 0.15) is 43.7 Å². The van der Waals surface area contributed by atoms with Gasteiger partial charge in [0, 0.05) is 19.5 Å². The molecule has 1 aliphatic heterocycles. The summed E-state index contributed by atoms with van der Waals surface area (Å²) in [5.74, 6) is 0.262. The van der Waals surface area contributed by atoms with Crippen molar-refractivity contribution in [2.24, 2.45) is 0 Å². The molecule has 0 aliphatic carbocycles. The predicted molar refractivity (Wildman–Crippen MR) is 80.7 cm³/mol. The molecule has 0 unspecified atom stereocenters. The van der Waals surface area contributed by atoms with Gasteiger partial charge in [0.1, 0.15) is 5.78 Å². The molecule has 1 aromatic rings. The second-order valence-corrected chi connectivity index (χ2v) is 6.04. The van der Waals surface area contributed by atoms with Gasteiger partial charge < -0.3 is 14.8 Å². The number of aliphatic hydroxyl groups is 1. The van der Waals surface area contributed by atoms with E-state index in [9.17, 15) is 9.90 Å². The van der Waals surface area contributed by atoms with Gasteiger partial charge in [0.2, 0.25) is 0 Å². The summed E-state index contributed by atoms with van der Waals surface area (Å²) in [6, 6.07) is 8.21. The highest BCUT2D eigenvalue weighted by Gasteiger charge is 2.33. The molecule has 1 heterocycles. The molecular weight excluding hydrogens is 250 g/mol. The molecule has 0 aromatic heterocycles. The fourth-order valence-electron chi connectivity index (χ4n) is 2.85. The molecule has 0 spiro atoms. The van der Waals surface area contributed by atoms with Crippen molar-refractivity contribution >= 4 is 5.78 Å². The number of carbonyl (C=O) groups is 1. The van der Waals surface area contributed by atoms with Crippen molar-refractivity contribution in [1.29, 1.82) is 0 Å². The van der Waals surface area contributed by atoms with Gasteiger partial charge in [-0.3, -0.25) is 0 Å². The smallest absolute Gasteiger partial charge is 0.129 e. The molecule has 20 heavy (non-hydrogen) atoms. The number of Topliss-reactive ketones (excluding diaryl/α,β-unsaturated/α-hetero) is 1. The molecule has 1 fully saturated rings. The highest BCUT2D eigenvalue weighted by molar-refractivity contribution is 5.75. The van der Waals surface area contributed by atoms with Gasteiger partial charge in [0.15, 0.2) is 0 Å². The first-order chi connectivity index (χ1) is 9.49. The van der Waals surface area contributed by atoms with Crippen molar-refractivity contribution in [3.05, 3.63) is 35.4 Å². The van der Waals surface area contributed by atoms with Crippen LogP contribution < -0.4 is 0 Å². The third-order valence-corrected chi connectivity index (χ3v) is 4.28. The Morgan fingerprint density at radius 2 is 1.85 bits per heavy atom. The van der Waals surface area contributed by atoms with Gasteiger partial charge in [-0.2, -0.15) is 0 Å². The number of ketones is 1. The van der Waals surface area contributed by atoms with Crippen LogP contribution >= 0.6 is 0 Å². The highest BCUT2D eigenvalue weighted by Crippen LogP contribution is 2.32. The summed E-state index contributed by atoms with van der Waals surface area (Å²) < 4.78 is 0. The van der Waals surface area contributed by atoms with Gasteiger partial charge >= 0.3 is 0 Å². The van der Waals surface area contributed by atoms with Crippen molar-refractivity contribution < 1.29 is 9.90 Å². The van der Waals surface area contributed by atoms with E-state index in [1.54, 1.807) is 6.92 Å². The quantitative estimate of drug-likeness (QED) is 0.898. The third kappa shape index (κ3) is 3.90. The van der Waals surface area contributed by atoms with Crippen LogP contribution in [0.3, 0.4) is 0 Å². The Morgan fingerprint density at radius 1 is 1.25 bits per heavy atom. The highest BCUT2D eigenvalue weighted by atomic mass is 16.3. The lowest BCUT2D eigenvalue weighted by molar-refractivity contribution is -0.117. The van der Waals surface area contributed by atoms with E-state index in [0.717, 1.165) is 44.5 Å². The molecule has 0 atom stereocenters. The number of nitrogens with zero attached hydrogens (tertiary/aromatic N) is 1. The summed E-state index contributed by atoms with van der Waals surface area (Å²) in [6.45, 7) is 6.48. The standard InChI is InChI=1S/C17H25NO2/c1-14-5-7-16(8-6-14)17(20)9-12-18(13-10-17)11-3-4-15(2)19/h5-8,20H,3-4,9-13H2,1-2H3. The molecule has 0 radical (unpaired) electrons. The fraction of sp³-hybridized carbons (Fsp3) is 0.588. The van der Waals surface area contributed by atoms with Gasteiger partial charge in [-0.15, -0.1) is 0 Å². The van der Waals surface area contributed by atoms with E-state index in [2.05, 4.69) is 24.0 Å². The van der Waals surface area contributed by atoms with Gasteiger partial charge in [-0.05, 0) is 45.2 Å². The maximum absolute atomic E-state index is 10.9. The van der Waals surface area contributed by atoms with E-state index in [-0.39, 0.29) is 5.78 Å². The van der Waals surface area contributed by atoms with Crippen LogP contribution in [-0.4, -0.2) is 35.4 Å². The third-order valence-electron chi connectivity index (χ3n) is 4.28. The van der Waals surface area contributed by atoms with E-state index in [1.165, 1.54) is 5.56 Å². The lowest BCUT2D eigenvalue weighted by Crippen LogP contribution is -2.42. The van der Waals surface area contributed by atoms with Gasteiger partial charge in [-0.25, -0.2) is 0 Å². The zero-order valence-corrected chi connectivity index (χ0v) is 12.6. The first kappa shape index (κ1) is 15.2. The van der Waals surface area contributed by atoms with Crippen LogP contribution in [0, 0.1) is 6.92 Å². The molecule has 2 rings (SSSR count). The van der Waals surface area contributed by atoms with Crippen molar-refractivity contribution in [1.82, 2.24) is 4.90 Å². The minimum atomic E-state index is -0.676. The van der Waals surface area contributed by atoms with Crippen molar-refractivity contribution in [2.75, 3.05) is 19.6 Å². The van der Waals surface area contributed by atoms with E-state index in [4.69, 9.17) is 0 Å². The second kappa shape index (κ2) is 6.51. The minimum Gasteiger partial charge on any atom is -0.385 e. The maximum Gasteiger partial charge on any atom is 0.129 e. The Morgan fingerprint density at radius 3 is 2.40 bits per heavy atom. The molecule has 1 aliphatic rings.